The summed E-state index contributed by atoms with van der Waals surface area (Å²) in [6.07, 6.45) is 0. The van der Waals surface area contributed by atoms with Crippen LogP contribution in [0.5, 0.6) is 0 Å². The molecule has 1 aromatic heterocycles. The van der Waals surface area contributed by atoms with Crippen molar-refractivity contribution in [3.63, 3.8) is 0 Å². The fourth-order valence-electron chi connectivity index (χ4n) is 3.28. The van der Waals surface area contributed by atoms with Gasteiger partial charge < -0.3 is 9.63 Å². The van der Waals surface area contributed by atoms with Crippen molar-refractivity contribution in [2.24, 2.45) is 0 Å². The van der Waals surface area contributed by atoms with Gasteiger partial charge >= 0.3 is 5.91 Å². The topological polar surface area (TPSA) is 83.6 Å². The van der Waals surface area contributed by atoms with Crippen LogP contribution in [0.1, 0.15) is 22.9 Å². The van der Waals surface area contributed by atoms with Crippen LogP contribution in [0.25, 0.3) is 5.76 Å². The van der Waals surface area contributed by atoms with Crippen molar-refractivity contribution in [3.05, 3.63) is 87.6 Å². The largest absolute Gasteiger partial charge is 0.507 e. The number of benzene rings is 2. The number of aliphatic hydroxyl groups excluding tert-OH is 1. The van der Waals surface area contributed by atoms with E-state index in [1.807, 2.05) is 6.07 Å². The first-order valence-corrected chi connectivity index (χ1v) is 9.32. The van der Waals surface area contributed by atoms with Crippen molar-refractivity contribution in [1.82, 2.24) is 5.16 Å². The number of hydrogen-bond donors (Lipinski definition) is 1. The zero-order valence-corrected chi connectivity index (χ0v) is 16.4. The van der Waals surface area contributed by atoms with Gasteiger partial charge in [0.25, 0.3) is 5.78 Å². The number of aromatic nitrogens is 1. The molecule has 1 N–H and O–H groups in total. The Morgan fingerprint density at radius 2 is 1.86 bits per heavy atom. The molecule has 2 aromatic carbocycles. The number of ketones is 1. The normalized spacial score (nSPS) is 18.6. The molecular formula is C21H15BrN2O4. The van der Waals surface area contributed by atoms with Gasteiger partial charge in [-0.05, 0) is 24.6 Å². The molecule has 1 aliphatic rings. The monoisotopic (exact) mass is 438 g/mol. The lowest BCUT2D eigenvalue weighted by molar-refractivity contribution is -0.132. The second kappa shape index (κ2) is 7.09. The molecule has 4 rings (SSSR count). The maximum Gasteiger partial charge on any atom is 0.301 e. The van der Waals surface area contributed by atoms with Crippen molar-refractivity contribution in [2.75, 3.05) is 4.90 Å². The first-order valence-electron chi connectivity index (χ1n) is 8.52. The highest BCUT2D eigenvalue weighted by Gasteiger charge is 2.48. The molecule has 28 heavy (non-hydrogen) atoms. The minimum absolute atomic E-state index is 0.00922. The first kappa shape index (κ1) is 18.2. The fraction of sp³-hybridized carbons (Fsp3) is 0.0952. The number of amides is 1. The van der Waals surface area contributed by atoms with Crippen LogP contribution in [-0.2, 0) is 9.59 Å². The van der Waals surface area contributed by atoms with E-state index in [9.17, 15) is 14.7 Å². The number of aliphatic hydroxyl groups is 1. The highest BCUT2D eigenvalue weighted by Crippen LogP contribution is 2.42. The highest BCUT2D eigenvalue weighted by molar-refractivity contribution is 9.10. The molecule has 140 valence electrons. The third-order valence-electron chi connectivity index (χ3n) is 4.52. The SMILES string of the molecule is Cc1cc(N2C(=O)C(=O)C(=C(O)c3ccccc3)C2c2cccc(Br)c2)no1. The first-order chi connectivity index (χ1) is 13.5. The summed E-state index contributed by atoms with van der Waals surface area (Å²) in [5.74, 6) is -1.04. The lowest BCUT2D eigenvalue weighted by Crippen LogP contribution is -2.29. The number of carbonyl (C=O) groups is 2. The Balaban J connectivity index is 1.96. The Morgan fingerprint density at radius 3 is 2.50 bits per heavy atom. The number of nitrogens with zero attached hydrogens (tertiary/aromatic N) is 2. The summed E-state index contributed by atoms with van der Waals surface area (Å²) in [7, 11) is 0. The molecular weight excluding hydrogens is 424 g/mol. The molecule has 1 atom stereocenters. The summed E-state index contributed by atoms with van der Waals surface area (Å²) >= 11 is 3.42. The number of hydrogen-bond acceptors (Lipinski definition) is 5. The molecule has 1 fully saturated rings. The Bertz CT molecular complexity index is 1100. The molecule has 0 bridgehead atoms. The second-order valence-electron chi connectivity index (χ2n) is 6.39. The molecule has 2 heterocycles. The molecule has 0 spiro atoms. The van der Waals surface area contributed by atoms with Crippen LogP contribution in [0.2, 0.25) is 0 Å². The minimum atomic E-state index is -0.831. The zero-order chi connectivity index (χ0) is 19.8. The van der Waals surface area contributed by atoms with Crippen LogP contribution in [0.15, 0.2) is 75.2 Å². The summed E-state index contributed by atoms with van der Waals surface area (Å²) in [6, 6.07) is 16.7. The third-order valence-corrected chi connectivity index (χ3v) is 5.01. The number of anilines is 1. The van der Waals surface area contributed by atoms with Crippen molar-refractivity contribution in [1.29, 1.82) is 0 Å². The summed E-state index contributed by atoms with van der Waals surface area (Å²) in [5, 5.41) is 14.8. The Morgan fingerprint density at radius 1 is 1.11 bits per heavy atom. The highest BCUT2D eigenvalue weighted by atomic mass is 79.9. The van der Waals surface area contributed by atoms with Crippen LogP contribution >= 0.6 is 15.9 Å². The van der Waals surface area contributed by atoms with E-state index in [1.54, 1.807) is 61.5 Å². The van der Waals surface area contributed by atoms with Crippen LogP contribution in [0.3, 0.4) is 0 Å². The van der Waals surface area contributed by atoms with Gasteiger partial charge in [-0.15, -0.1) is 0 Å². The van der Waals surface area contributed by atoms with Gasteiger partial charge in [0, 0.05) is 16.1 Å². The smallest absolute Gasteiger partial charge is 0.301 e. The standard InChI is InChI=1S/C21H15BrN2O4/c1-12-10-16(23-28-12)24-18(14-8-5-9-15(22)11-14)17(20(26)21(24)27)19(25)13-6-3-2-4-7-13/h2-11,18,25H,1H3. The van der Waals surface area contributed by atoms with E-state index >= 15 is 0 Å². The van der Waals surface area contributed by atoms with E-state index in [-0.39, 0.29) is 17.2 Å². The average molecular weight is 439 g/mol. The molecule has 1 saturated heterocycles. The predicted octanol–water partition coefficient (Wildman–Crippen LogP) is 4.37. The summed E-state index contributed by atoms with van der Waals surface area (Å²) in [5.41, 5.74) is 1.12. The van der Waals surface area contributed by atoms with E-state index < -0.39 is 17.7 Å². The van der Waals surface area contributed by atoms with Gasteiger partial charge in [-0.3, -0.25) is 14.5 Å². The summed E-state index contributed by atoms with van der Waals surface area (Å²) in [6.45, 7) is 1.70. The second-order valence-corrected chi connectivity index (χ2v) is 7.30. The molecule has 0 saturated carbocycles. The number of Topliss-reactive ketones (excluding diaryl/α,β-unsaturated/α-hetero) is 1. The molecule has 0 radical (unpaired) electrons. The number of carbonyl (C=O) groups excluding carboxylic acids is 2. The summed E-state index contributed by atoms with van der Waals surface area (Å²) in [4.78, 5) is 27.0. The molecule has 1 aliphatic heterocycles. The van der Waals surface area contributed by atoms with Crippen molar-refractivity contribution < 1.29 is 19.2 Å². The quantitative estimate of drug-likeness (QED) is 0.372. The maximum absolute atomic E-state index is 12.9. The minimum Gasteiger partial charge on any atom is -0.507 e. The molecule has 7 heteroatoms. The van der Waals surface area contributed by atoms with Gasteiger partial charge in [-0.1, -0.05) is 63.6 Å². The number of halogens is 1. The van der Waals surface area contributed by atoms with Crippen molar-refractivity contribution >= 4 is 39.2 Å². The molecule has 1 amide bonds. The van der Waals surface area contributed by atoms with Gasteiger partial charge in [0.15, 0.2) is 5.82 Å². The van der Waals surface area contributed by atoms with Gasteiger partial charge in [0.05, 0.1) is 11.6 Å². The van der Waals surface area contributed by atoms with Crippen LogP contribution < -0.4 is 4.90 Å². The van der Waals surface area contributed by atoms with Gasteiger partial charge in [0.1, 0.15) is 11.5 Å². The van der Waals surface area contributed by atoms with Crippen LogP contribution in [-0.4, -0.2) is 22.0 Å². The lowest BCUT2D eigenvalue weighted by atomic mass is 9.95. The molecule has 0 aliphatic carbocycles. The van der Waals surface area contributed by atoms with Crippen molar-refractivity contribution in [3.8, 4) is 0 Å². The third kappa shape index (κ3) is 3.03. The van der Waals surface area contributed by atoms with E-state index in [2.05, 4.69) is 21.1 Å². The van der Waals surface area contributed by atoms with E-state index in [1.165, 1.54) is 4.90 Å². The number of aryl methyl sites for hydroxylation is 1. The predicted molar refractivity (Wildman–Crippen MR) is 107 cm³/mol. The lowest BCUT2D eigenvalue weighted by Gasteiger charge is -2.23. The molecule has 6 nitrogen and oxygen atoms in total. The van der Waals surface area contributed by atoms with Crippen molar-refractivity contribution in [2.45, 2.75) is 13.0 Å². The maximum atomic E-state index is 12.9. The fourth-order valence-corrected chi connectivity index (χ4v) is 3.70. The van der Waals surface area contributed by atoms with E-state index in [4.69, 9.17) is 4.52 Å². The zero-order valence-electron chi connectivity index (χ0n) is 14.8. The Kier molecular flexibility index (Phi) is 4.60. The van der Waals surface area contributed by atoms with E-state index in [0.717, 1.165) is 4.47 Å². The molecule has 1 unspecified atom stereocenters. The summed E-state index contributed by atoms with van der Waals surface area (Å²) < 4.78 is 5.89. The molecule has 3 aromatic rings. The number of rotatable bonds is 3. The van der Waals surface area contributed by atoms with Gasteiger partial charge in [-0.25, -0.2) is 0 Å². The van der Waals surface area contributed by atoms with Gasteiger partial charge in [0.2, 0.25) is 0 Å². The Hall–Kier alpha value is -3.19. The Labute approximate surface area is 169 Å². The van der Waals surface area contributed by atoms with Gasteiger partial charge in [-0.2, -0.15) is 0 Å². The average Bonchev–Trinajstić information content (AvgIpc) is 3.23. The van der Waals surface area contributed by atoms with E-state index in [0.29, 0.717) is 16.9 Å². The van der Waals surface area contributed by atoms with Crippen LogP contribution in [0, 0.1) is 6.92 Å². The van der Waals surface area contributed by atoms with Crippen LogP contribution in [0.4, 0.5) is 5.82 Å².